The molecule has 138 valence electrons. The molecule has 7 heteroatoms. The van der Waals surface area contributed by atoms with Crippen LogP contribution < -0.4 is 11.1 Å². The monoisotopic (exact) mass is 371 g/mol. The Hall–Kier alpha value is -2.12. The summed E-state index contributed by atoms with van der Waals surface area (Å²) in [5, 5.41) is 3.17. The Balaban J connectivity index is 1.59. The van der Waals surface area contributed by atoms with Gasteiger partial charge in [0.15, 0.2) is 0 Å². The lowest BCUT2D eigenvalue weighted by atomic mass is 10.0. The van der Waals surface area contributed by atoms with E-state index >= 15 is 0 Å². The number of nitrogens with zero attached hydrogens (tertiary/aromatic N) is 3. The number of nitrogens with two attached hydrogens (primary N) is 1. The highest BCUT2D eigenvalue weighted by atomic mass is 32.2. The van der Waals surface area contributed by atoms with Crippen LogP contribution in [0.25, 0.3) is 11.3 Å². The van der Waals surface area contributed by atoms with Crippen molar-refractivity contribution in [1.29, 1.82) is 0 Å². The van der Waals surface area contributed by atoms with Gasteiger partial charge in [0.2, 0.25) is 0 Å². The first-order chi connectivity index (χ1) is 12.7. The zero-order valence-electron chi connectivity index (χ0n) is 15.0. The lowest BCUT2D eigenvalue weighted by Gasteiger charge is -2.32. The molecule has 1 amide bonds. The van der Waals surface area contributed by atoms with Crippen LogP contribution >= 0.6 is 11.8 Å². The van der Waals surface area contributed by atoms with Crippen molar-refractivity contribution in [2.75, 3.05) is 37.4 Å². The molecular weight excluding hydrogens is 346 g/mol. The van der Waals surface area contributed by atoms with Gasteiger partial charge in [0, 0.05) is 42.6 Å². The third kappa shape index (κ3) is 4.95. The van der Waals surface area contributed by atoms with Crippen LogP contribution in [0.4, 0.5) is 5.82 Å². The third-order valence-corrected chi connectivity index (χ3v) is 5.22. The SMILES string of the molecule is CSCCN1CCC(NC(=O)c2cccc(-c3cnc(N)cn3)c2)CC1. The highest BCUT2D eigenvalue weighted by molar-refractivity contribution is 7.98. The van der Waals surface area contributed by atoms with Crippen molar-refractivity contribution in [2.24, 2.45) is 0 Å². The summed E-state index contributed by atoms with van der Waals surface area (Å²) in [6, 6.07) is 7.71. The Morgan fingerprint density at radius 2 is 2.12 bits per heavy atom. The van der Waals surface area contributed by atoms with Gasteiger partial charge in [-0.3, -0.25) is 9.78 Å². The van der Waals surface area contributed by atoms with Gasteiger partial charge < -0.3 is 16.0 Å². The number of benzene rings is 1. The van der Waals surface area contributed by atoms with Gasteiger partial charge in [0.05, 0.1) is 18.1 Å². The van der Waals surface area contributed by atoms with Crippen molar-refractivity contribution in [3.05, 3.63) is 42.2 Å². The van der Waals surface area contributed by atoms with Crippen molar-refractivity contribution in [3.8, 4) is 11.3 Å². The van der Waals surface area contributed by atoms with E-state index in [1.54, 1.807) is 6.20 Å². The van der Waals surface area contributed by atoms with Gasteiger partial charge in [-0.1, -0.05) is 12.1 Å². The molecular formula is C19H25N5OS. The molecule has 1 aliphatic rings. The van der Waals surface area contributed by atoms with Crippen LogP contribution in [0.3, 0.4) is 0 Å². The Labute approximate surface area is 158 Å². The summed E-state index contributed by atoms with van der Waals surface area (Å²) in [5.74, 6) is 1.52. The summed E-state index contributed by atoms with van der Waals surface area (Å²) < 4.78 is 0. The van der Waals surface area contributed by atoms with Gasteiger partial charge in [-0.15, -0.1) is 0 Å². The summed E-state index contributed by atoms with van der Waals surface area (Å²) >= 11 is 1.88. The number of aromatic nitrogens is 2. The van der Waals surface area contributed by atoms with Crippen LogP contribution in [-0.4, -0.2) is 58.5 Å². The van der Waals surface area contributed by atoms with Crippen LogP contribution in [0.15, 0.2) is 36.7 Å². The van der Waals surface area contributed by atoms with Gasteiger partial charge in [0.25, 0.3) is 5.91 Å². The summed E-state index contributed by atoms with van der Waals surface area (Å²) in [4.78, 5) is 23.4. The average Bonchev–Trinajstić information content (AvgIpc) is 2.68. The molecule has 2 heterocycles. The van der Waals surface area contributed by atoms with Crippen LogP contribution in [0.1, 0.15) is 23.2 Å². The molecule has 0 spiro atoms. The number of amides is 1. The van der Waals surface area contributed by atoms with E-state index in [4.69, 9.17) is 5.73 Å². The normalized spacial score (nSPS) is 15.7. The predicted molar refractivity (Wildman–Crippen MR) is 107 cm³/mol. The molecule has 1 aromatic heterocycles. The number of rotatable bonds is 6. The third-order valence-electron chi connectivity index (χ3n) is 4.63. The Bertz CT molecular complexity index is 729. The molecule has 0 unspecified atom stereocenters. The van der Waals surface area contributed by atoms with Crippen molar-refractivity contribution in [2.45, 2.75) is 18.9 Å². The van der Waals surface area contributed by atoms with Crippen molar-refractivity contribution < 1.29 is 4.79 Å². The fourth-order valence-corrected chi connectivity index (χ4v) is 3.54. The number of carbonyl (C=O) groups excluding carboxylic acids is 1. The molecule has 0 radical (unpaired) electrons. The molecule has 0 bridgehead atoms. The zero-order valence-corrected chi connectivity index (χ0v) is 15.8. The molecule has 2 aromatic rings. The number of hydrogen-bond acceptors (Lipinski definition) is 6. The number of hydrogen-bond donors (Lipinski definition) is 2. The molecule has 0 saturated carbocycles. The Kier molecular flexibility index (Phi) is 6.46. The Morgan fingerprint density at radius 3 is 2.81 bits per heavy atom. The van der Waals surface area contributed by atoms with Crippen molar-refractivity contribution in [1.82, 2.24) is 20.2 Å². The summed E-state index contributed by atoms with van der Waals surface area (Å²) in [6.45, 7) is 3.23. The van der Waals surface area contributed by atoms with Gasteiger partial charge in [-0.2, -0.15) is 11.8 Å². The number of likely N-dealkylation sites (tertiary alicyclic amines) is 1. The molecule has 26 heavy (non-hydrogen) atoms. The van der Waals surface area contributed by atoms with E-state index < -0.39 is 0 Å². The first kappa shape index (κ1) is 18.7. The van der Waals surface area contributed by atoms with Gasteiger partial charge >= 0.3 is 0 Å². The van der Waals surface area contributed by atoms with Crippen LogP contribution in [0.2, 0.25) is 0 Å². The standard InChI is InChI=1S/C19H25N5OS/c1-26-10-9-24-7-5-16(6-8-24)23-19(25)15-4-2-3-14(11-15)17-12-22-18(20)13-21-17/h2-4,11-13,16H,5-10H2,1H3,(H2,20,22)(H,23,25). The number of nitrogen functional groups attached to an aromatic ring is 1. The average molecular weight is 372 g/mol. The van der Waals surface area contributed by atoms with Gasteiger partial charge in [0.1, 0.15) is 5.82 Å². The van der Waals surface area contributed by atoms with E-state index in [2.05, 4.69) is 26.4 Å². The van der Waals surface area contributed by atoms with Crippen LogP contribution in [0, 0.1) is 0 Å². The molecule has 3 N–H and O–H groups in total. The van der Waals surface area contributed by atoms with Crippen LogP contribution in [-0.2, 0) is 0 Å². The first-order valence-electron chi connectivity index (χ1n) is 8.86. The zero-order chi connectivity index (χ0) is 18.4. The summed E-state index contributed by atoms with van der Waals surface area (Å²) in [7, 11) is 0. The number of thioether (sulfide) groups is 1. The van der Waals surface area contributed by atoms with Gasteiger partial charge in [-0.05, 0) is 31.2 Å². The fourth-order valence-electron chi connectivity index (χ4n) is 3.10. The fraction of sp³-hybridized carbons (Fsp3) is 0.421. The molecule has 1 aliphatic heterocycles. The van der Waals surface area contributed by atoms with E-state index in [9.17, 15) is 4.79 Å². The summed E-state index contributed by atoms with van der Waals surface area (Å²) in [6.07, 6.45) is 7.28. The van der Waals surface area contributed by atoms with E-state index in [1.807, 2.05) is 36.0 Å². The minimum atomic E-state index is -0.0298. The number of carbonyl (C=O) groups is 1. The minimum absolute atomic E-state index is 0.0298. The van der Waals surface area contributed by atoms with E-state index in [-0.39, 0.29) is 11.9 Å². The molecule has 1 aromatic carbocycles. The lowest BCUT2D eigenvalue weighted by molar-refractivity contribution is 0.0913. The second-order valence-electron chi connectivity index (χ2n) is 6.49. The van der Waals surface area contributed by atoms with Gasteiger partial charge in [-0.25, -0.2) is 4.98 Å². The maximum absolute atomic E-state index is 12.6. The number of anilines is 1. The highest BCUT2D eigenvalue weighted by Crippen LogP contribution is 2.18. The van der Waals surface area contributed by atoms with Crippen molar-refractivity contribution >= 4 is 23.5 Å². The quantitative estimate of drug-likeness (QED) is 0.810. The number of nitrogens with one attached hydrogen (secondary N) is 1. The molecule has 0 aliphatic carbocycles. The van der Waals surface area contributed by atoms with E-state index in [0.29, 0.717) is 17.1 Å². The second-order valence-corrected chi connectivity index (χ2v) is 7.48. The van der Waals surface area contributed by atoms with Crippen LogP contribution in [0.5, 0.6) is 0 Å². The van der Waals surface area contributed by atoms with E-state index in [0.717, 1.165) is 43.8 Å². The van der Waals surface area contributed by atoms with E-state index in [1.165, 1.54) is 6.20 Å². The minimum Gasteiger partial charge on any atom is -0.382 e. The molecule has 3 rings (SSSR count). The summed E-state index contributed by atoms with van der Waals surface area (Å²) in [5.41, 5.74) is 7.79. The maximum atomic E-state index is 12.6. The highest BCUT2D eigenvalue weighted by Gasteiger charge is 2.21. The predicted octanol–water partition coefficient (Wildman–Crippen LogP) is 2.28. The number of piperidine rings is 1. The lowest BCUT2D eigenvalue weighted by Crippen LogP contribution is -2.45. The molecule has 6 nitrogen and oxygen atoms in total. The molecule has 0 atom stereocenters. The maximum Gasteiger partial charge on any atom is 0.251 e. The molecule has 1 saturated heterocycles. The Morgan fingerprint density at radius 1 is 1.31 bits per heavy atom. The first-order valence-corrected chi connectivity index (χ1v) is 10.2. The smallest absolute Gasteiger partial charge is 0.251 e. The topological polar surface area (TPSA) is 84.1 Å². The molecule has 1 fully saturated rings. The van der Waals surface area contributed by atoms with Crippen molar-refractivity contribution in [3.63, 3.8) is 0 Å². The second kappa shape index (κ2) is 9.00. The largest absolute Gasteiger partial charge is 0.382 e.